The van der Waals surface area contributed by atoms with Crippen LogP contribution < -0.4 is 48.5 Å². The van der Waals surface area contributed by atoms with E-state index in [0.29, 0.717) is 37.2 Å². The second kappa shape index (κ2) is 28.9. The predicted octanol–water partition coefficient (Wildman–Crippen LogP) is -0.721. The number of carbonyl (C=O) groups excluding carboxylic acids is 10. The molecular weight excluding hydrogens is 923 g/mol. The Bertz CT molecular complexity index is 1940. The first-order valence-corrected chi connectivity index (χ1v) is 25.6. The number of rotatable bonds is 19. The number of ether oxygens (including phenoxy) is 1. The molecule has 2 heterocycles. The standard InChI is InChI=1S/C45H69N9O12S2/c1-5-25(3)40-36(57)22-29(26(4)55)41(61)51-32(23-38(48)59)42(62)52-33(45(65)54-19-8-10-34(54)44(64)50-30(9-7-18-46)35(56)15-16-37(47)58)24-68-67-20-17-39(60)49-31(43(63)53-40)21-27-11-13-28(14-12-27)66-6-2/h11-14,25-26,29-34,40,55H,5-10,15-24,46H2,1-4H3,(H2,47,58)(H2,48,59)(H,49,60)(H,50,64)(H,51,61)(H,52,62)(H,53,63)/t25-,26+,29-,30-,31+,32-,33-,34-,40-/m0/s1. The minimum absolute atomic E-state index is 0.0478. The number of primary amides is 2. The first-order chi connectivity index (χ1) is 32.3. The van der Waals surface area contributed by atoms with Gasteiger partial charge in [-0.25, -0.2) is 0 Å². The second-order valence-corrected chi connectivity index (χ2v) is 19.7. The topological polar surface area (TPSA) is 342 Å². The number of likely N-dealkylation sites (tertiary alicyclic amines) is 1. The third-order valence-corrected chi connectivity index (χ3v) is 14.2. The maximum Gasteiger partial charge on any atom is 0.246 e. The highest BCUT2D eigenvalue weighted by Crippen LogP contribution is 2.26. The van der Waals surface area contributed by atoms with Crippen molar-refractivity contribution in [1.82, 2.24) is 31.5 Å². The third-order valence-electron chi connectivity index (χ3n) is 11.8. The lowest BCUT2D eigenvalue weighted by molar-refractivity contribution is -0.142. The summed E-state index contributed by atoms with van der Waals surface area (Å²) in [6, 6.07) is -0.451. The minimum atomic E-state index is -1.68. The highest BCUT2D eigenvalue weighted by atomic mass is 33.1. The number of hydrogen-bond donors (Lipinski definition) is 9. The fourth-order valence-corrected chi connectivity index (χ4v) is 9.87. The molecule has 68 heavy (non-hydrogen) atoms. The highest BCUT2D eigenvalue weighted by Gasteiger charge is 2.41. The highest BCUT2D eigenvalue weighted by molar-refractivity contribution is 8.76. The molecule has 8 amide bonds. The number of nitrogens with one attached hydrogen (secondary N) is 5. The maximum atomic E-state index is 14.4. The molecule has 378 valence electrons. The van der Waals surface area contributed by atoms with Crippen molar-refractivity contribution < 1.29 is 57.8 Å². The van der Waals surface area contributed by atoms with Gasteiger partial charge in [-0.3, -0.25) is 47.9 Å². The van der Waals surface area contributed by atoms with Crippen LogP contribution in [0.3, 0.4) is 0 Å². The Morgan fingerprint density at radius 1 is 0.897 bits per heavy atom. The number of nitrogens with two attached hydrogens (primary N) is 3. The van der Waals surface area contributed by atoms with Crippen LogP contribution in [0.4, 0.5) is 0 Å². The molecule has 1 aromatic rings. The van der Waals surface area contributed by atoms with Crippen molar-refractivity contribution >= 4 is 80.4 Å². The van der Waals surface area contributed by atoms with Crippen LogP contribution in [0.1, 0.15) is 97.5 Å². The number of Topliss-reactive ketones (excluding diaryl/α,β-unsaturated/α-hetero) is 2. The summed E-state index contributed by atoms with van der Waals surface area (Å²) in [7, 11) is 2.30. The van der Waals surface area contributed by atoms with E-state index in [1.54, 1.807) is 38.1 Å². The molecule has 2 saturated heterocycles. The fourth-order valence-electron chi connectivity index (χ4n) is 7.73. The van der Waals surface area contributed by atoms with Crippen LogP contribution in [0.5, 0.6) is 5.75 Å². The van der Waals surface area contributed by atoms with Gasteiger partial charge in [-0.2, -0.15) is 0 Å². The zero-order valence-corrected chi connectivity index (χ0v) is 40.9. The summed E-state index contributed by atoms with van der Waals surface area (Å²) in [6.45, 7) is 7.40. The molecule has 0 bridgehead atoms. The number of aliphatic hydroxyl groups excluding tert-OH is 1. The summed E-state index contributed by atoms with van der Waals surface area (Å²) in [5.74, 6) is -8.50. The number of aliphatic hydroxyl groups is 1. The maximum absolute atomic E-state index is 14.4. The van der Waals surface area contributed by atoms with Crippen molar-refractivity contribution in [2.24, 2.45) is 29.0 Å². The average molecular weight is 992 g/mol. The molecule has 3 rings (SSSR count). The van der Waals surface area contributed by atoms with Crippen molar-refractivity contribution in [2.75, 3.05) is 31.2 Å². The lowest BCUT2D eigenvalue weighted by Crippen LogP contribution is -2.59. The molecule has 23 heteroatoms. The van der Waals surface area contributed by atoms with Crippen molar-refractivity contribution in [1.29, 1.82) is 0 Å². The first kappa shape index (κ1) is 57.1. The summed E-state index contributed by atoms with van der Waals surface area (Å²) in [4.78, 5) is 136. The summed E-state index contributed by atoms with van der Waals surface area (Å²) in [5.41, 5.74) is 17.1. The number of benzene rings is 1. The Hall–Kier alpha value is -5.26. The van der Waals surface area contributed by atoms with E-state index in [2.05, 4.69) is 26.6 Å². The Labute approximate surface area is 404 Å². The first-order valence-electron chi connectivity index (χ1n) is 23.1. The Morgan fingerprint density at radius 2 is 1.59 bits per heavy atom. The Morgan fingerprint density at radius 3 is 2.21 bits per heavy atom. The largest absolute Gasteiger partial charge is 0.494 e. The molecule has 0 aliphatic carbocycles. The van der Waals surface area contributed by atoms with Crippen LogP contribution in [-0.4, -0.2) is 142 Å². The SMILES string of the molecule is CCOc1ccc(C[C@H]2NC(=O)CCSSC[C@@H](C(=O)N3CCC[C@H]3C(=O)N[C@@H](CCCN)C(=O)CCC(N)=O)NC(=O)[C@H](CC(N)=O)NC(=O)[C@H]([C@@H](C)O)CC(=O)[C@H]([C@@H](C)CC)NC2=O)cc1. The molecule has 0 radical (unpaired) electrons. The molecule has 2 aliphatic heterocycles. The molecule has 0 saturated carbocycles. The monoisotopic (exact) mass is 991 g/mol. The smallest absolute Gasteiger partial charge is 0.246 e. The summed E-state index contributed by atoms with van der Waals surface area (Å²) >= 11 is 0. The summed E-state index contributed by atoms with van der Waals surface area (Å²) in [5, 5.41) is 24.2. The Balaban J connectivity index is 1.99. The van der Waals surface area contributed by atoms with Crippen LogP contribution >= 0.6 is 21.6 Å². The van der Waals surface area contributed by atoms with Crippen molar-refractivity contribution in [3.05, 3.63) is 29.8 Å². The number of hydrogen-bond acceptors (Lipinski definition) is 15. The second-order valence-electron chi connectivity index (χ2n) is 17.1. The fraction of sp³-hybridized carbons (Fsp3) is 0.644. The van der Waals surface area contributed by atoms with Gasteiger partial charge >= 0.3 is 0 Å². The number of carbonyl (C=O) groups is 10. The zero-order chi connectivity index (χ0) is 50.5. The quantitative estimate of drug-likeness (QED) is 0.0773. The van der Waals surface area contributed by atoms with Crippen molar-refractivity contribution in [3.63, 3.8) is 0 Å². The van der Waals surface area contributed by atoms with Crippen LogP contribution in [0.2, 0.25) is 0 Å². The van der Waals surface area contributed by atoms with E-state index >= 15 is 0 Å². The normalized spacial score (nSPS) is 24.0. The van der Waals surface area contributed by atoms with E-state index in [4.69, 9.17) is 21.9 Å². The van der Waals surface area contributed by atoms with Gasteiger partial charge in [0, 0.05) is 50.2 Å². The molecule has 9 atom stereocenters. The van der Waals surface area contributed by atoms with E-state index < -0.39 is 126 Å². The molecule has 12 N–H and O–H groups in total. The summed E-state index contributed by atoms with van der Waals surface area (Å²) < 4.78 is 5.54. The van der Waals surface area contributed by atoms with Gasteiger partial charge in [0.05, 0.1) is 37.1 Å². The van der Waals surface area contributed by atoms with Crippen molar-refractivity contribution in [2.45, 2.75) is 141 Å². The lowest BCUT2D eigenvalue weighted by atomic mass is 9.87. The molecular formula is C45H69N9O12S2. The number of amides is 8. The molecule has 21 nitrogen and oxygen atoms in total. The molecule has 0 unspecified atom stereocenters. The van der Waals surface area contributed by atoms with Crippen LogP contribution in [0, 0.1) is 11.8 Å². The Kier molecular flexibility index (Phi) is 24.3. The van der Waals surface area contributed by atoms with Gasteiger partial charge < -0.3 is 58.5 Å². The lowest BCUT2D eigenvalue weighted by Gasteiger charge is -2.31. The van der Waals surface area contributed by atoms with Crippen molar-refractivity contribution in [3.8, 4) is 5.75 Å². The third kappa shape index (κ3) is 18.3. The molecule has 2 fully saturated rings. The van der Waals surface area contributed by atoms with Gasteiger partial charge in [0.1, 0.15) is 29.9 Å². The minimum Gasteiger partial charge on any atom is -0.494 e. The summed E-state index contributed by atoms with van der Waals surface area (Å²) in [6.07, 6.45) is -1.69. The van der Waals surface area contributed by atoms with E-state index in [1.807, 2.05) is 6.92 Å². The van der Waals surface area contributed by atoms with E-state index in [9.17, 15) is 53.1 Å². The predicted molar refractivity (Wildman–Crippen MR) is 255 cm³/mol. The number of ketones is 2. The van der Waals surface area contributed by atoms with Crippen LogP contribution in [-0.2, 0) is 54.4 Å². The zero-order valence-electron chi connectivity index (χ0n) is 39.3. The van der Waals surface area contributed by atoms with Gasteiger partial charge in [0.15, 0.2) is 11.6 Å². The average Bonchev–Trinajstić information content (AvgIpc) is 3.79. The molecule has 0 spiro atoms. The van der Waals surface area contributed by atoms with E-state index in [1.165, 1.54) is 22.6 Å². The van der Waals surface area contributed by atoms with Crippen LogP contribution in [0.25, 0.3) is 0 Å². The molecule has 2 aliphatic rings. The molecule has 0 aromatic heterocycles. The van der Waals surface area contributed by atoms with Crippen LogP contribution in [0.15, 0.2) is 24.3 Å². The number of nitrogens with zero attached hydrogens (tertiary/aromatic N) is 1. The van der Waals surface area contributed by atoms with E-state index in [-0.39, 0.29) is 63.1 Å². The van der Waals surface area contributed by atoms with Gasteiger partial charge in [0.2, 0.25) is 47.3 Å². The molecule has 1 aromatic carbocycles. The van der Waals surface area contributed by atoms with Gasteiger partial charge in [0.25, 0.3) is 0 Å². The van der Waals surface area contributed by atoms with E-state index in [0.717, 1.165) is 10.8 Å². The van der Waals surface area contributed by atoms with Gasteiger partial charge in [-0.15, -0.1) is 0 Å². The van der Waals surface area contributed by atoms with Gasteiger partial charge in [-0.05, 0) is 69.7 Å². The van der Waals surface area contributed by atoms with Gasteiger partial charge in [-0.1, -0.05) is 54.0 Å².